The Morgan fingerprint density at radius 3 is 2.60 bits per heavy atom. The summed E-state index contributed by atoms with van der Waals surface area (Å²) >= 11 is 0. The number of rotatable bonds is 6. The summed E-state index contributed by atoms with van der Waals surface area (Å²) in [7, 11) is 0. The lowest BCUT2D eigenvalue weighted by atomic mass is 9.99. The minimum Gasteiger partial charge on any atom is -0.313 e. The van der Waals surface area contributed by atoms with Gasteiger partial charge in [-0.1, -0.05) is 33.6 Å². The summed E-state index contributed by atoms with van der Waals surface area (Å²) in [6, 6.07) is 0.748. The summed E-state index contributed by atoms with van der Waals surface area (Å²) in [6.07, 6.45) is 5.41. The number of hydrogen-bond donors (Lipinski definition) is 1. The van der Waals surface area contributed by atoms with Gasteiger partial charge in [0.1, 0.15) is 0 Å². The van der Waals surface area contributed by atoms with Crippen molar-refractivity contribution in [2.24, 2.45) is 5.92 Å². The van der Waals surface area contributed by atoms with Crippen LogP contribution in [-0.2, 0) is 0 Å². The molecule has 2 nitrogen and oxygen atoms in total. The number of nitrogens with one attached hydrogen (secondary N) is 1. The van der Waals surface area contributed by atoms with Crippen molar-refractivity contribution in [1.29, 1.82) is 0 Å². The first-order valence-corrected chi connectivity index (χ1v) is 6.75. The van der Waals surface area contributed by atoms with Crippen molar-refractivity contribution >= 4 is 0 Å². The van der Waals surface area contributed by atoms with Crippen LogP contribution in [0.15, 0.2) is 0 Å². The van der Waals surface area contributed by atoms with Gasteiger partial charge >= 0.3 is 0 Å². The molecule has 1 rings (SSSR count). The van der Waals surface area contributed by atoms with Crippen molar-refractivity contribution < 1.29 is 0 Å². The van der Waals surface area contributed by atoms with Crippen LogP contribution in [-0.4, -0.2) is 37.1 Å². The summed E-state index contributed by atoms with van der Waals surface area (Å²) in [5.41, 5.74) is 0. The molecule has 0 radical (unpaired) electrons. The van der Waals surface area contributed by atoms with E-state index >= 15 is 0 Å². The van der Waals surface area contributed by atoms with Crippen LogP contribution in [0.25, 0.3) is 0 Å². The molecule has 0 aromatic heterocycles. The first-order valence-electron chi connectivity index (χ1n) is 6.75. The second-order valence-electron chi connectivity index (χ2n) is 4.84. The van der Waals surface area contributed by atoms with Gasteiger partial charge in [0.2, 0.25) is 0 Å². The van der Waals surface area contributed by atoms with Crippen LogP contribution in [0, 0.1) is 5.92 Å². The number of nitrogens with zero attached hydrogens (tertiary/aromatic N) is 1. The quantitative estimate of drug-likeness (QED) is 0.728. The molecule has 15 heavy (non-hydrogen) atoms. The molecule has 0 aromatic carbocycles. The molecule has 1 N–H and O–H groups in total. The molecule has 0 aliphatic carbocycles. The Labute approximate surface area is 95.4 Å². The maximum atomic E-state index is 3.58. The molecule has 0 spiro atoms. The minimum absolute atomic E-state index is 0.748. The van der Waals surface area contributed by atoms with Crippen LogP contribution in [0.3, 0.4) is 0 Å². The number of likely N-dealkylation sites (tertiary alicyclic amines) is 1. The summed E-state index contributed by atoms with van der Waals surface area (Å²) in [5, 5.41) is 3.58. The van der Waals surface area contributed by atoms with Crippen molar-refractivity contribution in [3.05, 3.63) is 0 Å². The van der Waals surface area contributed by atoms with Crippen molar-refractivity contribution in [3.63, 3.8) is 0 Å². The Morgan fingerprint density at radius 2 is 2.00 bits per heavy atom. The summed E-state index contributed by atoms with van der Waals surface area (Å²) < 4.78 is 0. The minimum atomic E-state index is 0.748. The lowest BCUT2D eigenvalue weighted by Crippen LogP contribution is -2.46. The molecule has 1 heterocycles. The van der Waals surface area contributed by atoms with Crippen LogP contribution < -0.4 is 5.32 Å². The Morgan fingerprint density at radius 1 is 1.27 bits per heavy atom. The fourth-order valence-electron chi connectivity index (χ4n) is 2.59. The zero-order valence-electron chi connectivity index (χ0n) is 10.8. The monoisotopic (exact) mass is 212 g/mol. The van der Waals surface area contributed by atoms with Gasteiger partial charge in [0.25, 0.3) is 0 Å². The summed E-state index contributed by atoms with van der Waals surface area (Å²) in [4.78, 5) is 2.66. The highest BCUT2D eigenvalue weighted by atomic mass is 15.2. The molecule has 0 aromatic rings. The van der Waals surface area contributed by atoms with Gasteiger partial charge in [-0.25, -0.2) is 0 Å². The van der Waals surface area contributed by atoms with Crippen molar-refractivity contribution in [2.75, 3.05) is 26.2 Å². The molecule has 90 valence electrons. The van der Waals surface area contributed by atoms with E-state index in [2.05, 4.69) is 31.0 Å². The molecule has 0 saturated carbocycles. The third-order valence-corrected chi connectivity index (χ3v) is 3.67. The first kappa shape index (κ1) is 13.0. The van der Waals surface area contributed by atoms with Gasteiger partial charge in [-0.2, -0.15) is 0 Å². The van der Waals surface area contributed by atoms with Gasteiger partial charge < -0.3 is 10.2 Å². The highest BCUT2D eigenvalue weighted by Crippen LogP contribution is 2.15. The first-order chi connectivity index (χ1) is 7.30. The third kappa shape index (κ3) is 4.52. The van der Waals surface area contributed by atoms with Gasteiger partial charge in [-0.05, 0) is 31.8 Å². The predicted octanol–water partition coefficient (Wildman–Crippen LogP) is 2.50. The molecule has 1 aliphatic rings. The zero-order valence-corrected chi connectivity index (χ0v) is 10.8. The Kier molecular flexibility index (Phi) is 6.26. The molecule has 1 saturated heterocycles. The Hall–Kier alpha value is -0.0800. The molecule has 0 amide bonds. The molecule has 1 atom stereocenters. The average molecular weight is 212 g/mol. The average Bonchev–Trinajstić information content (AvgIpc) is 2.27. The lowest BCUT2D eigenvalue weighted by molar-refractivity contribution is 0.163. The number of likely N-dealkylation sites (N-methyl/N-ethyl adjacent to an activating group) is 1. The van der Waals surface area contributed by atoms with Crippen LogP contribution in [0.2, 0.25) is 0 Å². The topological polar surface area (TPSA) is 15.3 Å². The van der Waals surface area contributed by atoms with Gasteiger partial charge in [-0.3, -0.25) is 0 Å². The third-order valence-electron chi connectivity index (χ3n) is 3.67. The van der Waals surface area contributed by atoms with Gasteiger partial charge in [0.05, 0.1) is 0 Å². The summed E-state index contributed by atoms with van der Waals surface area (Å²) in [5.74, 6) is 0.908. The van der Waals surface area contributed by atoms with E-state index in [-0.39, 0.29) is 0 Å². The van der Waals surface area contributed by atoms with E-state index in [9.17, 15) is 0 Å². The fourth-order valence-corrected chi connectivity index (χ4v) is 2.59. The zero-order chi connectivity index (χ0) is 11.1. The van der Waals surface area contributed by atoms with Crippen LogP contribution in [0.1, 0.15) is 46.5 Å². The maximum absolute atomic E-state index is 3.58. The Balaban J connectivity index is 2.28. The number of hydrogen-bond acceptors (Lipinski definition) is 2. The van der Waals surface area contributed by atoms with E-state index in [4.69, 9.17) is 0 Å². The van der Waals surface area contributed by atoms with E-state index in [0.717, 1.165) is 18.5 Å². The van der Waals surface area contributed by atoms with Crippen LogP contribution in [0.4, 0.5) is 0 Å². The predicted molar refractivity (Wildman–Crippen MR) is 67.2 cm³/mol. The summed E-state index contributed by atoms with van der Waals surface area (Å²) in [6.45, 7) is 11.9. The number of piperidine rings is 1. The molecule has 2 heteroatoms. The maximum Gasteiger partial charge on any atom is 0.0195 e. The molecular weight excluding hydrogens is 184 g/mol. The van der Waals surface area contributed by atoms with Crippen molar-refractivity contribution in [3.8, 4) is 0 Å². The molecular formula is C13H28N2. The van der Waals surface area contributed by atoms with Gasteiger partial charge in [-0.15, -0.1) is 0 Å². The van der Waals surface area contributed by atoms with Gasteiger partial charge in [0, 0.05) is 19.1 Å². The highest BCUT2D eigenvalue weighted by molar-refractivity contribution is 4.78. The Bertz CT molecular complexity index is 153. The SMILES string of the molecule is CCNC1CCCN(CC(CC)CC)C1. The van der Waals surface area contributed by atoms with E-state index in [1.165, 1.54) is 45.3 Å². The standard InChI is InChI=1S/C13H28N2/c1-4-12(5-2)10-15-9-7-8-13(11-15)14-6-3/h12-14H,4-11H2,1-3H3. The second-order valence-corrected chi connectivity index (χ2v) is 4.84. The largest absolute Gasteiger partial charge is 0.313 e. The van der Waals surface area contributed by atoms with Crippen molar-refractivity contribution in [1.82, 2.24) is 10.2 Å². The van der Waals surface area contributed by atoms with E-state index in [1.54, 1.807) is 0 Å². The van der Waals surface area contributed by atoms with E-state index < -0.39 is 0 Å². The molecule has 1 fully saturated rings. The highest BCUT2D eigenvalue weighted by Gasteiger charge is 2.20. The van der Waals surface area contributed by atoms with E-state index in [0.29, 0.717) is 0 Å². The fraction of sp³-hybridized carbons (Fsp3) is 1.00. The molecule has 1 unspecified atom stereocenters. The van der Waals surface area contributed by atoms with Gasteiger partial charge in [0.15, 0.2) is 0 Å². The van der Waals surface area contributed by atoms with E-state index in [1.807, 2.05) is 0 Å². The molecule has 0 bridgehead atoms. The molecule has 1 aliphatic heterocycles. The second kappa shape index (κ2) is 7.24. The normalized spacial score (nSPS) is 23.6. The lowest BCUT2D eigenvalue weighted by Gasteiger charge is -2.35. The van der Waals surface area contributed by atoms with Crippen LogP contribution in [0.5, 0.6) is 0 Å². The van der Waals surface area contributed by atoms with Crippen molar-refractivity contribution in [2.45, 2.75) is 52.5 Å². The van der Waals surface area contributed by atoms with Crippen LogP contribution >= 0.6 is 0 Å². The smallest absolute Gasteiger partial charge is 0.0195 e.